The molecule has 1 saturated heterocycles. The van der Waals surface area contributed by atoms with Gasteiger partial charge in [-0.15, -0.1) is 0 Å². The van der Waals surface area contributed by atoms with E-state index in [9.17, 15) is 9.59 Å². The van der Waals surface area contributed by atoms with Gasteiger partial charge in [0.2, 0.25) is 11.8 Å². The van der Waals surface area contributed by atoms with E-state index in [-0.39, 0.29) is 24.2 Å². The predicted octanol–water partition coefficient (Wildman–Crippen LogP) is 4.20. The summed E-state index contributed by atoms with van der Waals surface area (Å²) >= 11 is 0. The molecule has 1 aliphatic rings. The fourth-order valence-corrected chi connectivity index (χ4v) is 3.37. The predicted molar refractivity (Wildman–Crippen MR) is 107 cm³/mol. The standard InChI is InChI=1S/C22H26N2O3/c1-4-27-18-11-9-17(10-12-18)24-14-16(13-21(24)25)22(26)23-20-8-6-5-7-19(20)15(2)3/h5-12,15-16H,4,13-14H2,1-3H3,(H,23,26)/t16-/m1/s1. The molecule has 0 aromatic heterocycles. The van der Waals surface area contributed by atoms with Gasteiger partial charge >= 0.3 is 0 Å². The number of carbonyl (C=O) groups is 2. The minimum Gasteiger partial charge on any atom is -0.494 e. The Morgan fingerprint density at radius 1 is 1.19 bits per heavy atom. The first-order valence-electron chi connectivity index (χ1n) is 9.42. The second-order valence-electron chi connectivity index (χ2n) is 7.06. The summed E-state index contributed by atoms with van der Waals surface area (Å²) < 4.78 is 5.44. The number of ether oxygens (including phenoxy) is 1. The molecule has 1 heterocycles. The van der Waals surface area contributed by atoms with Gasteiger partial charge in [-0.05, 0) is 48.7 Å². The summed E-state index contributed by atoms with van der Waals surface area (Å²) in [6.07, 6.45) is 0.225. The molecule has 1 atom stereocenters. The minimum atomic E-state index is -0.357. The number of nitrogens with zero attached hydrogens (tertiary/aromatic N) is 1. The summed E-state index contributed by atoms with van der Waals surface area (Å²) in [5.41, 5.74) is 2.71. The van der Waals surface area contributed by atoms with Crippen LogP contribution < -0.4 is 15.0 Å². The van der Waals surface area contributed by atoms with E-state index < -0.39 is 0 Å². The van der Waals surface area contributed by atoms with Gasteiger partial charge in [0, 0.05) is 24.3 Å². The summed E-state index contributed by atoms with van der Waals surface area (Å²) in [5, 5.41) is 3.01. The summed E-state index contributed by atoms with van der Waals surface area (Å²) in [5.74, 6) is 0.588. The van der Waals surface area contributed by atoms with Crippen LogP contribution in [0.4, 0.5) is 11.4 Å². The lowest BCUT2D eigenvalue weighted by atomic mass is 10.0. The van der Waals surface area contributed by atoms with Crippen LogP contribution in [0.1, 0.15) is 38.7 Å². The van der Waals surface area contributed by atoms with Gasteiger partial charge in [-0.1, -0.05) is 32.0 Å². The molecule has 0 saturated carbocycles. The zero-order valence-electron chi connectivity index (χ0n) is 16.1. The highest BCUT2D eigenvalue weighted by atomic mass is 16.5. The second-order valence-corrected chi connectivity index (χ2v) is 7.06. The molecule has 2 amide bonds. The molecule has 2 aromatic carbocycles. The number of hydrogen-bond donors (Lipinski definition) is 1. The van der Waals surface area contributed by atoms with Crippen molar-refractivity contribution in [1.82, 2.24) is 0 Å². The Labute approximate surface area is 160 Å². The van der Waals surface area contributed by atoms with Crippen molar-refractivity contribution in [2.24, 2.45) is 5.92 Å². The number of nitrogens with one attached hydrogen (secondary N) is 1. The van der Waals surface area contributed by atoms with Crippen molar-refractivity contribution in [3.8, 4) is 5.75 Å². The molecule has 27 heavy (non-hydrogen) atoms. The molecule has 1 aliphatic heterocycles. The molecular weight excluding hydrogens is 340 g/mol. The Morgan fingerprint density at radius 2 is 1.89 bits per heavy atom. The molecule has 5 nitrogen and oxygen atoms in total. The first kappa shape index (κ1) is 19.0. The smallest absolute Gasteiger partial charge is 0.229 e. The Hall–Kier alpha value is -2.82. The maximum absolute atomic E-state index is 12.7. The van der Waals surface area contributed by atoms with Gasteiger partial charge < -0.3 is 15.0 Å². The Balaban J connectivity index is 1.69. The van der Waals surface area contributed by atoms with Gasteiger partial charge in [0.1, 0.15) is 5.75 Å². The van der Waals surface area contributed by atoms with E-state index in [1.54, 1.807) is 4.90 Å². The first-order chi connectivity index (χ1) is 13.0. The van der Waals surface area contributed by atoms with Crippen LogP contribution in [0.2, 0.25) is 0 Å². The molecular formula is C22H26N2O3. The number of hydrogen-bond acceptors (Lipinski definition) is 3. The minimum absolute atomic E-state index is 0.0311. The Kier molecular flexibility index (Phi) is 5.79. The number of amides is 2. The van der Waals surface area contributed by atoms with Gasteiger partial charge in [0.25, 0.3) is 0 Å². The van der Waals surface area contributed by atoms with Crippen LogP contribution in [-0.4, -0.2) is 25.0 Å². The topological polar surface area (TPSA) is 58.6 Å². The molecule has 5 heteroatoms. The van der Waals surface area contributed by atoms with Crippen molar-refractivity contribution in [3.63, 3.8) is 0 Å². The maximum Gasteiger partial charge on any atom is 0.229 e. The molecule has 3 rings (SSSR count). The van der Waals surface area contributed by atoms with Crippen LogP contribution in [0.3, 0.4) is 0 Å². The van der Waals surface area contributed by atoms with E-state index in [0.29, 0.717) is 19.1 Å². The van der Waals surface area contributed by atoms with Crippen LogP contribution in [0.15, 0.2) is 48.5 Å². The number of para-hydroxylation sites is 1. The molecule has 1 N–H and O–H groups in total. The fraction of sp³-hybridized carbons (Fsp3) is 0.364. The molecule has 0 aliphatic carbocycles. The third kappa shape index (κ3) is 4.30. The molecule has 1 fully saturated rings. The van der Waals surface area contributed by atoms with Crippen molar-refractivity contribution in [3.05, 3.63) is 54.1 Å². The lowest BCUT2D eigenvalue weighted by Crippen LogP contribution is -2.28. The van der Waals surface area contributed by atoms with Gasteiger partial charge in [0.15, 0.2) is 0 Å². The van der Waals surface area contributed by atoms with Crippen molar-refractivity contribution in [2.45, 2.75) is 33.1 Å². The van der Waals surface area contributed by atoms with E-state index in [0.717, 1.165) is 22.7 Å². The molecule has 0 bridgehead atoms. The third-order valence-electron chi connectivity index (χ3n) is 4.80. The zero-order valence-corrected chi connectivity index (χ0v) is 16.1. The molecule has 0 spiro atoms. The van der Waals surface area contributed by atoms with Crippen LogP contribution in [0, 0.1) is 5.92 Å². The largest absolute Gasteiger partial charge is 0.494 e. The third-order valence-corrected chi connectivity index (χ3v) is 4.80. The van der Waals surface area contributed by atoms with Gasteiger partial charge in [0.05, 0.1) is 12.5 Å². The number of anilines is 2. The molecule has 0 radical (unpaired) electrons. The average Bonchev–Trinajstić information content (AvgIpc) is 3.05. The normalized spacial score (nSPS) is 16.7. The van der Waals surface area contributed by atoms with E-state index in [1.807, 2.05) is 55.5 Å². The lowest BCUT2D eigenvalue weighted by molar-refractivity contribution is -0.122. The number of rotatable bonds is 6. The van der Waals surface area contributed by atoms with E-state index in [4.69, 9.17) is 4.74 Å². The molecule has 142 valence electrons. The highest BCUT2D eigenvalue weighted by molar-refractivity contribution is 6.03. The zero-order chi connectivity index (χ0) is 19.4. The summed E-state index contributed by atoms with van der Waals surface area (Å²) in [6.45, 7) is 7.11. The SMILES string of the molecule is CCOc1ccc(N2C[C@H](C(=O)Nc3ccccc3C(C)C)CC2=O)cc1. The Morgan fingerprint density at radius 3 is 2.56 bits per heavy atom. The monoisotopic (exact) mass is 366 g/mol. The van der Waals surface area contributed by atoms with Crippen molar-refractivity contribution < 1.29 is 14.3 Å². The van der Waals surface area contributed by atoms with E-state index in [1.165, 1.54) is 0 Å². The van der Waals surface area contributed by atoms with Crippen LogP contribution in [0.5, 0.6) is 5.75 Å². The number of carbonyl (C=O) groups excluding carboxylic acids is 2. The quantitative estimate of drug-likeness (QED) is 0.833. The van der Waals surface area contributed by atoms with E-state index in [2.05, 4.69) is 19.2 Å². The second kappa shape index (κ2) is 8.25. The Bertz CT molecular complexity index is 815. The van der Waals surface area contributed by atoms with Gasteiger partial charge in [-0.3, -0.25) is 9.59 Å². The number of benzene rings is 2. The summed E-state index contributed by atoms with van der Waals surface area (Å²) in [7, 11) is 0. The van der Waals surface area contributed by atoms with Crippen LogP contribution in [0.25, 0.3) is 0 Å². The lowest BCUT2D eigenvalue weighted by Gasteiger charge is -2.18. The van der Waals surface area contributed by atoms with Crippen LogP contribution >= 0.6 is 0 Å². The van der Waals surface area contributed by atoms with Crippen molar-refractivity contribution in [1.29, 1.82) is 0 Å². The molecule has 2 aromatic rings. The van der Waals surface area contributed by atoms with Gasteiger partial charge in [-0.25, -0.2) is 0 Å². The maximum atomic E-state index is 12.7. The van der Waals surface area contributed by atoms with Crippen molar-refractivity contribution in [2.75, 3.05) is 23.4 Å². The summed E-state index contributed by atoms with van der Waals surface area (Å²) in [6, 6.07) is 15.2. The van der Waals surface area contributed by atoms with E-state index >= 15 is 0 Å². The first-order valence-corrected chi connectivity index (χ1v) is 9.42. The van der Waals surface area contributed by atoms with Crippen LogP contribution in [-0.2, 0) is 9.59 Å². The van der Waals surface area contributed by atoms with Crippen molar-refractivity contribution >= 4 is 23.2 Å². The average molecular weight is 366 g/mol. The summed E-state index contributed by atoms with van der Waals surface area (Å²) in [4.78, 5) is 26.9. The fourth-order valence-electron chi connectivity index (χ4n) is 3.37. The highest BCUT2D eigenvalue weighted by Crippen LogP contribution is 2.29. The highest BCUT2D eigenvalue weighted by Gasteiger charge is 2.35. The van der Waals surface area contributed by atoms with Gasteiger partial charge in [-0.2, -0.15) is 0 Å². The molecule has 0 unspecified atom stereocenters.